The molecule has 0 saturated heterocycles. The highest BCUT2D eigenvalue weighted by Gasteiger charge is 2.01. The summed E-state index contributed by atoms with van der Waals surface area (Å²) in [5.74, 6) is -0.579. The number of aromatic amines is 3. The van der Waals surface area contributed by atoms with Gasteiger partial charge in [-0.3, -0.25) is 9.59 Å². The van der Waals surface area contributed by atoms with Gasteiger partial charge in [0.15, 0.2) is 17.8 Å². The molecule has 0 spiro atoms. The largest absolute Gasteiger partial charge is 0.481 e. The fraction of sp³-hybridized carbons (Fsp3) is 0.607. The summed E-state index contributed by atoms with van der Waals surface area (Å²) in [6.07, 6.45) is 19.4. The number of phosphoric acid groups is 1. The van der Waals surface area contributed by atoms with Gasteiger partial charge in [-0.1, -0.05) is 59.3 Å². The van der Waals surface area contributed by atoms with Crippen LogP contribution in [0.1, 0.15) is 108 Å². The van der Waals surface area contributed by atoms with Crippen molar-refractivity contribution in [2.75, 3.05) is 17.2 Å². The molecule has 0 saturated carbocycles. The Bertz CT molecular complexity index is 1090. The Morgan fingerprint density at radius 1 is 0.609 bits per heavy atom. The second kappa shape index (κ2) is 27.4. The number of H-pyrrole nitrogens is 3. The van der Waals surface area contributed by atoms with Crippen LogP contribution in [-0.2, 0) is 33.4 Å². The van der Waals surface area contributed by atoms with Crippen molar-refractivity contribution in [3.8, 4) is 0 Å². The number of anilines is 3. The summed E-state index contributed by atoms with van der Waals surface area (Å²) in [5.41, 5.74) is 19.5. The predicted octanol–water partition coefficient (Wildman–Crippen LogP) is 4.18. The molecule has 14 N–H and O–H groups in total. The smallest absolute Gasteiger partial charge is 0.466 e. The van der Waals surface area contributed by atoms with Crippen molar-refractivity contribution in [2.24, 2.45) is 0 Å². The lowest BCUT2D eigenvalue weighted by atomic mass is 10.2. The van der Waals surface area contributed by atoms with E-state index in [-0.39, 0.29) is 12.8 Å². The van der Waals surface area contributed by atoms with Crippen molar-refractivity contribution in [3.05, 3.63) is 35.7 Å². The molecule has 0 atom stereocenters. The average Bonchev–Trinajstić information content (AvgIpc) is 3.69. The average molecular weight is 676 g/mol. The van der Waals surface area contributed by atoms with Crippen molar-refractivity contribution in [2.45, 2.75) is 111 Å². The number of aryl methyl sites for hydroxylation is 3. The van der Waals surface area contributed by atoms with Gasteiger partial charge in [0.05, 0.1) is 29.9 Å². The summed E-state index contributed by atoms with van der Waals surface area (Å²) >= 11 is 0. The standard InChI is InChI=1S/3C8H15N3.C4H6O4.H3O4P/c3*1-2-3-4-5-7-6-10-8(9)11-7;5-3(6)1-2-4(7)8;1-5(2,3)4/h3*6H,2-5H2,1H3,(H3,9,10,11);1-2H2,(H,5,6)(H,7,8);(H3,1,2,3,4). The summed E-state index contributed by atoms with van der Waals surface area (Å²) in [5, 5.41) is 15.8. The van der Waals surface area contributed by atoms with Crippen LogP contribution in [0, 0.1) is 0 Å². The molecule has 264 valence electrons. The topological polar surface area (TPSA) is 316 Å². The van der Waals surface area contributed by atoms with Gasteiger partial charge in [-0.15, -0.1) is 0 Å². The van der Waals surface area contributed by atoms with Gasteiger partial charge in [0.2, 0.25) is 0 Å². The molecule has 0 amide bonds. The van der Waals surface area contributed by atoms with E-state index in [1.807, 2.05) is 18.6 Å². The maximum absolute atomic E-state index is 9.64. The van der Waals surface area contributed by atoms with Crippen molar-refractivity contribution in [1.82, 2.24) is 29.9 Å². The molecule has 3 aromatic rings. The molecule has 0 radical (unpaired) electrons. The molecule has 46 heavy (non-hydrogen) atoms. The van der Waals surface area contributed by atoms with Gasteiger partial charge in [0.25, 0.3) is 0 Å². The van der Waals surface area contributed by atoms with Crippen LogP contribution >= 0.6 is 7.82 Å². The minimum absolute atomic E-state index is 0.296. The highest BCUT2D eigenvalue weighted by atomic mass is 31.2. The van der Waals surface area contributed by atoms with Gasteiger partial charge in [-0.2, -0.15) is 0 Å². The molecule has 3 rings (SSSR count). The number of aliphatic carboxylic acids is 2. The first-order chi connectivity index (χ1) is 21.6. The zero-order chi connectivity index (χ0) is 35.4. The number of unbranched alkanes of at least 4 members (excludes halogenated alkanes) is 6. The Morgan fingerprint density at radius 3 is 1.00 bits per heavy atom. The molecule has 0 aliphatic heterocycles. The number of rotatable bonds is 15. The van der Waals surface area contributed by atoms with Crippen molar-refractivity contribution >= 4 is 37.6 Å². The number of aromatic nitrogens is 6. The van der Waals surface area contributed by atoms with Crippen LogP contribution in [0.15, 0.2) is 18.6 Å². The third-order valence-electron chi connectivity index (χ3n) is 5.61. The summed E-state index contributed by atoms with van der Waals surface area (Å²) in [6, 6.07) is 0. The summed E-state index contributed by atoms with van der Waals surface area (Å²) in [6.45, 7) is 6.58. The van der Waals surface area contributed by atoms with Crippen molar-refractivity contribution in [3.63, 3.8) is 0 Å². The molecule has 0 aromatic carbocycles. The second-order valence-electron chi connectivity index (χ2n) is 10.0. The van der Waals surface area contributed by atoms with E-state index in [1.165, 1.54) is 57.8 Å². The molecular weight excluding hydrogens is 621 g/mol. The summed E-state index contributed by atoms with van der Waals surface area (Å²) in [7, 11) is -4.64. The van der Waals surface area contributed by atoms with Gasteiger partial charge in [-0.25, -0.2) is 19.5 Å². The van der Waals surface area contributed by atoms with Crippen molar-refractivity contribution < 1.29 is 39.0 Å². The fourth-order valence-electron chi connectivity index (χ4n) is 3.40. The van der Waals surface area contributed by atoms with E-state index < -0.39 is 19.8 Å². The van der Waals surface area contributed by atoms with E-state index >= 15 is 0 Å². The van der Waals surface area contributed by atoms with E-state index in [0.29, 0.717) is 17.8 Å². The van der Waals surface area contributed by atoms with Gasteiger partial charge < -0.3 is 57.0 Å². The lowest BCUT2D eigenvalue weighted by molar-refractivity contribution is -0.143. The van der Waals surface area contributed by atoms with Gasteiger partial charge in [-0.05, 0) is 38.5 Å². The zero-order valence-electron chi connectivity index (χ0n) is 27.1. The first kappa shape index (κ1) is 44.2. The van der Waals surface area contributed by atoms with Gasteiger partial charge >= 0.3 is 19.8 Å². The molecule has 0 bridgehead atoms. The maximum atomic E-state index is 9.64. The quantitative estimate of drug-likeness (QED) is 0.0795. The first-order valence-corrected chi connectivity index (χ1v) is 16.8. The van der Waals surface area contributed by atoms with E-state index in [1.54, 1.807) is 0 Å². The van der Waals surface area contributed by atoms with Crippen LogP contribution in [0.2, 0.25) is 0 Å². The molecule has 3 aromatic heterocycles. The Balaban J connectivity index is 0. The summed E-state index contributed by atoms with van der Waals surface area (Å²) in [4.78, 5) is 61.7. The lowest BCUT2D eigenvalue weighted by Gasteiger charge is -1.92. The monoisotopic (exact) mass is 675 g/mol. The van der Waals surface area contributed by atoms with E-state index in [4.69, 9.17) is 46.7 Å². The number of carbonyl (C=O) groups is 2. The van der Waals surface area contributed by atoms with E-state index in [9.17, 15) is 9.59 Å². The van der Waals surface area contributed by atoms with E-state index in [0.717, 1.165) is 36.3 Å². The predicted molar refractivity (Wildman–Crippen MR) is 177 cm³/mol. The van der Waals surface area contributed by atoms with Crippen LogP contribution in [0.4, 0.5) is 17.8 Å². The molecule has 17 nitrogen and oxygen atoms in total. The molecule has 0 aliphatic rings. The highest BCUT2D eigenvalue weighted by molar-refractivity contribution is 7.45. The second-order valence-corrected chi connectivity index (χ2v) is 11.0. The number of nitrogens with one attached hydrogen (secondary N) is 3. The third-order valence-corrected chi connectivity index (χ3v) is 5.61. The van der Waals surface area contributed by atoms with Gasteiger partial charge in [0, 0.05) is 18.6 Å². The Hall–Kier alpha value is -3.92. The summed E-state index contributed by atoms with van der Waals surface area (Å²) < 4.78 is 8.88. The van der Waals surface area contributed by atoms with Crippen LogP contribution < -0.4 is 17.2 Å². The molecular formula is C28H54N9O8P. The Morgan fingerprint density at radius 2 is 0.848 bits per heavy atom. The molecule has 18 heteroatoms. The van der Waals surface area contributed by atoms with Crippen LogP contribution in [0.5, 0.6) is 0 Å². The van der Waals surface area contributed by atoms with E-state index in [2.05, 4.69) is 50.7 Å². The number of nitrogens with zero attached hydrogens (tertiary/aromatic N) is 3. The third kappa shape index (κ3) is 33.0. The number of hydrogen-bond donors (Lipinski definition) is 11. The Kier molecular flexibility index (Phi) is 26.3. The van der Waals surface area contributed by atoms with Crippen LogP contribution in [0.3, 0.4) is 0 Å². The molecule has 3 heterocycles. The number of imidazole rings is 3. The number of nitrogens with two attached hydrogens (primary N) is 3. The maximum Gasteiger partial charge on any atom is 0.466 e. The van der Waals surface area contributed by atoms with Crippen LogP contribution in [-0.4, -0.2) is 66.7 Å². The first-order valence-electron chi connectivity index (χ1n) is 15.2. The molecule has 0 unspecified atom stereocenters. The number of carboxylic acids is 2. The minimum Gasteiger partial charge on any atom is -0.481 e. The van der Waals surface area contributed by atoms with Gasteiger partial charge in [0.1, 0.15) is 0 Å². The highest BCUT2D eigenvalue weighted by Crippen LogP contribution is 2.25. The number of nitrogen functional groups attached to an aromatic ring is 3. The zero-order valence-corrected chi connectivity index (χ0v) is 28.0. The number of carboxylic acid groups (broad SMARTS) is 2. The fourth-order valence-corrected chi connectivity index (χ4v) is 3.40. The minimum atomic E-state index is -4.64. The number of hydrogen-bond acceptors (Lipinski definition) is 9. The van der Waals surface area contributed by atoms with Crippen molar-refractivity contribution in [1.29, 1.82) is 0 Å². The molecule has 0 aliphatic carbocycles. The Labute approximate surface area is 270 Å². The molecule has 0 fully saturated rings. The lowest BCUT2D eigenvalue weighted by Crippen LogP contribution is -2.00. The normalized spacial score (nSPS) is 10.1. The SMILES string of the molecule is CCCCCc1c[nH]c(N)n1.CCCCCc1c[nH]c(N)n1.CCCCCc1c[nH]c(N)n1.O=C(O)CCC(=O)O.O=P(O)(O)O. The van der Waals surface area contributed by atoms with Crippen LogP contribution in [0.25, 0.3) is 0 Å².